The Kier molecular flexibility index (Phi) is 6.41. The van der Waals surface area contributed by atoms with Crippen molar-refractivity contribution < 1.29 is 9.53 Å². The molecule has 0 aliphatic heterocycles. The van der Waals surface area contributed by atoms with Crippen LogP contribution in [0.5, 0.6) is 0 Å². The summed E-state index contributed by atoms with van der Waals surface area (Å²) >= 11 is 3.06. The third kappa shape index (κ3) is 4.31. The smallest absolute Gasteiger partial charge is 0.261 e. The molecule has 0 aliphatic carbocycles. The molecule has 0 saturated carbocycles. The van der Waals surface area contributed by atoms with Crippen molar-refractivity contribution in [3.05, 3.63) is 27.7 Å². The Morgan fingerprint density at radius 2 is 2.27 bits per heavy atom. The van der Waals surface area contributed by atoms with Gasteiger partial charge >= 0.3 is 0 Å². The molecule has 2 rings (SSSR count). The molecular formula is C14H20N4O2S2. The van der Waals surface area contributed by atoms with Crippen molar-refractivity contribution in [2.24, 2.45) is 0 Å². The SMILES string of the molecule is CCn1c(C)nnc1SCCNC(=O)c1ccc(COC)s1. The fourth-order valence-corrected chi connectivity index (χ4v) is 3.74. The van der Waals surface area contributed by atoms with Gasteiger partial charge in [0.1, 0.15) is 5.82 Å². The summed E-state index contributed by atoms with van der Waals surface area (Å²) in [7, 11) is 1.65. The molecule has 2 heterocycles. The van der Waals surface area contributed by atoms with Crippen LogP contribution in [-0.2, 0) is 17.9 Å². The largest absolute Gasteiger partial charge is 0.379 e. The van der Waals surface area contributed by atoms with E-state index in [-0.39, 0.29) is 5.91 Å². The Morgan fingerprint density at radius 1 is 1.45 bits per heavy atom. The van der Waals surface area contributed by atoms with Gasteiger partial charge in [0.25, 0.3) is 5.91 Å². The summed E-state index contributed by atoms with van der Waals surface area (Å²) in [5, 5.41) is 12.0. The summed E-state index contributed by atoms with van der Waals surface area (Å²) in [6.07, 6.45) is 0. The first-order valence-corrected chi connectivity index (χ1v) is 8.84. The second kappa shape index (κ2) is 8.30. The molecule has 0 spiro atoms. The number of aryl methyl sites for hydroxylation is 1. The van der Waals surface area contributed by atoms with Crippen molar-refractivity contribution in [2.45, 2.75) is 32.2 Å². The second-order valence-electron chi connectivity index (χ2n) is 4.58. The number of amides is 1. The standard InChI is InChI=1S/C14H20N4O2S2/c1-4-18-10(2)16-17-14(18)21-8-7-15-13(19)12-6-5-11(22-12)9-20-3/h5-6H,4,7-9H2,1-3H3,(H,15,19). The minimum atomic E-state index is -0.0407. The number of methoxy groups -OCH3 is 1. The summed E-state index contributed by atoms with van der Waals surface area (Å²) < 4.78 is 7.11. The predicted octanol–water partition coefficient (Wildman–Crippen LogP) is 2.34. The second-order valence-corrected chi connectivity index (χ2v) is 6.81. The molecular weight excluding hydrogens is 320 g/mol. The zero-order valence-electron chi connectivity index (χ0n) is 13.0. The lowest BCUT2D eigenvalue weighted by molar-refractivity contribution is 0.0960. The Balaban J connectivity index is 1.77. The Bertz CT molecular complexity index is 624. The molecule has 1 amide bonds. The molecule has 0 atom stereocenters. The highest BCUT2D eigenvalue weighted by atomic mass is 32.2. The maximum Gasteiger partial charge on any atom is 0.261 e. The Hall–Kier alpha value is -1.38. The number of nitrogens with zero attached hydrogens (tertiary/aromatic N) is 3. The lowest BCUT2D eigenvalue weighted by Crippen LogP contribution is -2.25. The van der Waals surface area contributed by atoms with Crippen molar-refractivity contribution in [3.63, 3.8) is 0 Å². The van der Waals surface area contributed by atoms with Gasteiger partial charge in [0.2, 0.25) is 0 Å². The van der Waals surface area contributed by atoms with Crippen LogP contribution >= 0.6 is 23.1 Å². The van der Waals surface area contributed by atoms with E-state index in [1.807, 2.05) is 19.1 Å². The highest BCUT2D eigenvalue weighted by Crippen LogP contribution is 2.18. The number of thioether (sulfide) groups is 1. The van der Waals surface area contributed by atoms with Gasteiger partial charge in [-0.15, -0.1) is 21.5 Å². The fraction of sp³-hybridized carbons (Fsp3) is 0.500. The van der Waals surface area contributed by atoms with Gasteiger partial charge in [0, 0.05) is 30.8 Å². The molecule has 2 aromatic heterocycles. The van der Waals surface area contributed by atoms with Gasteiger partial charge in [-0.2, -0.15) is 0 Å². The van der Waals surface area contributed by atoms with Gasteiger partial charge in [-0.05, 0) is 26.0 Å². The van der Waals surface area contributed by atoms with E-state index in [2.05, 4.69) is 27.0 Å². The molecule has 0 fully saturated rings. The van der Waals surface area contributed by atoms with E-state index in [0.29, 0.717) is 18.0 Å². The van der Waals surface area contributed by atoms with Gasteiger partial charge in [-0.25, -0.2) is 0 Å². The highest BCUT2D eigenvalue weighted by Gasteiger charge is 2.10. The van der Waals surface area contributed by atoms with Crippen LogP contribution in [0, 0.1) is 6.92 Å². The molecule has 1 N–H and O–H groups in total. The lowest BCUT2D eigenvalue weighted by Gasteiger charge is -2.05. The number of carbonyl (C=O) groups is 1. The minimum absolute atomic E-state index is 0.0407. The van der Waals surface area contributed by atoms with Crippen molar-refractivity contribution >= 4 is 29.0 Å². The fourth-order valence-electron chi connectivity index (χ4n) is 1.95. The van der Waals surface area contributed by atoms with Gasteiger partial charge in [0.15, 0.2) is 5.16 Å². The number of hydrogen-bond donors (Lipinski definition) is 1. The van der Waals surface area contributed by atoms with Crippen molar-refractivity contribution in [3.8, 4) is 0 Å². The van der Waals surface area contributed by atoms with Gasteiger partial charge in [-0.3, -0.25) is 4.79 Å². The van der Waals surface area contributed by atoms with Gasteiger partial charge in [-0.1, -0.05) is 11.8 Å². The Labute approximate surface area is 138 Å². The third-order valence-corrected chi connectivity index (χ3v) is 5.03. The van der Waals surface area contributed by atoms with E-state index in [0.717, 1.165) is 28.2 Å². The average molecular weight is 340 g/mol. The number of carbonyl (C=O) groups excluding carboxylic acids is 1. The van der Waals surface area contributed by atoms with Crippen LogP contribution in [0.4, 0.5) is 0 Å². The first-order chi connectivity index (χ1) is 10.7. The molecule has 6 nitrogen and oxygen atoms in total. The van der Waals surface area contributed by atoms with E-state index in [1.54, 1.807) is 18.9 Å². The number of ether oxygens (including phenoxy) is 1. The van der Waals surface area contributed by atoms with Gasteiger partial charge in [0.05, 0.1) is 11.5 Å². The molecule has 22 heavy (non-hydrogen) atoms. The zero-order chi connectivity index (χ0) is 15.9. The predicted molar refractivity (Wildman–Crippen MR) is 88.5 cm³/mol. The van der Waals surface area contributed by atoms with E-state index in [1.165, 1.54) is 11.3 Å². The van der Waals surface area contributed by atoms with E-state index in [4.69, 9.17) is 4.74 Å². The topological polar surface area (TPSA) is 69.0 Å². The van der Waals surface area contributed by atoms with Crippen molar-refractivity contribution in [1.82, 2.24) is 20.1 Å². The average Bonchev–Trinajstić information content (AvgIpc) is 3.11. The quantitative estimate of drug-likeness (QED) is 0.590. The maximum atomic E-state index is 12.0. The molecule has 8 heteroatoms. The Morgan fingerprint density at radius 3 is 3.00 bits per heavy atom. The lowest BCUT2D eigenvalue weighted by atomic mass is 10.4. The number of aromatic nitrogens is 3. The van der Waals surface area contributed by atoms with Crippen LogP contribution in [0.25, 0.3) is 0 Å². The minimum Gasteiger partial charge on any atom is -0.379 e. The van der Waals surface area contributed by atoms with Crippen LogP contribution in [0.15, 0.2) is 17.3 Å². The summed E-state index contributed by atoms with van der Waals surface area (Å²) in [6, 6.07) is 3.75. The molecule has 0 radical (unpaired) electrons. The number of hydrogen-bond acceptors (Lipinski definition) is 6. The van der Waals surface area contributed by atoms with Gasteiger partial charge < -0.3 is 14.6 Å². The zero-order valence-corrected chi connectivity index (χ0v) is 14.6. The normalized spacial score (nSPS) is 10.9. The third-order valence-electron chi connectivity index (χ3n) is 3.01. The van der Waals surface area contributed by atoms with E-state index < -0.39 is 0 Å². The summed E-state index contributed by atoms with van der Waals surface area (Å²) in [6.45, 7) is 5.99. The van der Waals surface area contributed by atoms with Crippen molar-refractivity contribution in [2.75, 3.05) is 19.4 Å². The molecule has 120 valence electrons. The van der Waals surface area contributed by atoms with Crippen molar-refractivity contribution in [1.29, 1.82) is 0 Å². The number of rotatable bonds is 8. The first kappa shape index (κ1) is 17.0. The monoisotopic (exact) mass is 340 g/mol. The summed E-state index contributed by atoms with van der Waals surface area (Å²) in [5.41, 5.74) is 0. The molecule has 0 aliphatic rings. The van der Waals surface area contributed by atoms with Crippen LogP contribution < -0.4 is 5.32 Å². The highest BCUT2D eigenvalue weighted by molar-refractivity contribution is 7.99. The molecule has 0 bridgehead atoms. The first-order valence-electron chi connectivity index (χ1n) is 7.04. The number of thiophene rings is 1. The maximum absolute atomic E-state index is 12.0. The van der Waals surface area contributed by atoms with E-state index in [9.17, 15) is 4.79 Å². The molecule has 0 saturated heterocycles. The van der Waals surface area contributed by atoms with Crippen LogP contribution in [0.1, 0.15) is 27.3 Å². The van der Waals surface area contributed by atoms with E-state index >= 15 is 0 Å². The molecule has 0 aromatic carbocycles. The molecule has 0 unspecified atom stereocenters. The number of nitrogens with one attached hydrogen (secondary N) is 1. The summed E-state index contributed by atoms with van der Waals surface area (Å²) in [4.78, 5) is 13.8. The summed E-state index contributed by atoms with van der Waals surface area (Å²) in [5.74, 6) is 1.64. The van der Waals surface area contributed by atoms with Crippen LogP contribution in [0.2, 0.25) is 0 Å². The van der Waals surface area contributed by atoms with Crippen LogP contribution in [0.3, 0.4) is 0 Å². The molecule has 2 aromatic rings. The van der Waals surface area contributed by atoms with Crippen LogP contribution in [-0.4, -0.2) is 40.1 Å².